The molecule has 116 valence electrons. The van der Waals surface area contributed by atoms with Gasteiger partial charge in [0.25, 0.3) is 0 Å². The molecule has 1 amide bonds. The SMILES string of the molecule is CC(C)CN1CCN(C(=O)Cc2ccccc2CN)CC1. The van der Waals surface area contributed by atoms with Crippen molar-refractivity contribution in [1.29, 1.82) is 0 Å². The van der Waals surface area contributed by atoms with Gasteiger partial charge in [0.1, 0.15) is 0 Å². The van der Waals surface area contributed by atoms with Crippen LogP contribution < -0.4 is 5.73 Å². The third kappa shape index (κ3) is 4.55. The fraction of sp³-hybridized carbons (Fsp3) is 0.588. The molecule has 1 heterocycles. The lowest BCUT2D eigenvalue weighted by Gasteiger charge is -2.35. The van der Waals surface area contributed by atoms with Crippen molar-refractivity contribution >= 4 is 5.91 Å². The molecule has 0 unspecified atom stereocenters. The minimum atomic E-state index is 0.222. The first-order valence-electron chi connectivity index (χ1n) is 7.87. The van der Waals surface area contributed by atoms with E-state index >= 15 is 0 Å². The van der Waals surface area contributed by atoms with Crippen molar-refractivity contribution in [3.05, 3.63) is 35.4 Å². The lowest BCUT2D eigenvalue weighted by Crippen LogP contribution is -2.49. The maximum Gasteiger partial charge on any atom is 0.227 e. The lowest BCUT2D eigenvalue weighted by atomic mass is 10.0. The quantitative estimate of drug-likeness (QED) is 0.893. The second-order valence-corrected chi connectivity index (χ2v) is 6.22. The van der Waals surface area contributed by atoms with E-state index in [-0.39, 0.29) is 5.91 Å². The zero-order chi connectivity index (χ0) is 15.2. The molecule has 4 heteroatoms. The number of hydrogen-bond donors (Lipinski definition) is 1. The first-order valence-corrected chi connectivity index (χ1v) is 7.87. The van der Waals surface area contributed by atoms with E-state index in [1.165, 1.54) is 0 Å². The standard InChI is InChI=1S/C17H27N3O/c1-14(2)13-19-7-9-20(10-8-19)17(21)11-15-5-3-4-6-16(15)12-18/h3-6,14H,7-13,18H2,1-2H3. The molecule has 0 bridgehead atoms. The number of hydrogen-bond acceptors (Lipinski definition) is 3. The molecule has 1 fully saturated rings. The van der Waals surface area contributed by atoms with E-state index in [1.54, 1.807) is 0 Å². The molecule has 0 radical (unpaired) electrons. The van der Waals surface area contributed by atoms with Crippen LogP contribution in [0.5, 0.6) is 0 Å². The molecule has 2 N–H and O–H groups in total. The molecule has 0 spiro atoms. The van der Waals surface area contributed by atoms with Crippen LogP contribution in [-0.2, 0) is 17.8 Å². The Kier molecular flexibility index (Phi) is 5.76. The smallest absolute Gasteiger partial charge is 0.227 e. The third-order valence-corrected chi connectivity index (χ3v) is 4.03. The molecule has 1 aliphatic heterocycles. The maximum absolute atomic E-state index is 12.4. The van der Waals surface area contributed by atoms with Crippen molar-refractivity contribution in [2.45, 2.75) is 26.8 Å². The Morgan fingerprint density at radius 2 is 1.76 bits per heavy atom. The van der Waals surface area contributed by atoms with Crippen LogP contribution in [0.15, 0.2) is 24.3 Å². The van der Waals surface area contributed by atoms with Crippen LogP contribution in [0.4, 0.5) is 0 Å². The van der Waals surface area contributed by atoms with Crippen LogP contribution in [0.3, 0.4) is 0 Å². The van der Waals surface area contributed by atoms with Gasteiger partial charge >= 0.3 is 0 Å². The van der Waals surface area contributed by atoms with Gasteiger partial charge in [-0.05, 0) is 17.0 Å². The first kappa shape index (κ1) is 16.0. The van der Waals surface area contributed by atoms with Crippen LogP contribution >= 0.6 is 0 Å². The van der Waals surface area contributed by atoms with E-state index in [9.17, 15) is 4.79 Å². The average Bonchev–Trinajstić information content (AvgIpc) is 2.48. The van der Waals surface area contributed by atoms with Gasteiger partial charge in [0.2, 0.25) is 5.91 Å². The number of rotatable bonds is 5. The van der Waals surface area contributed by atoms with Crippen LogP contribution in [0.1, 0.15) is 25.0 Å². The maximum atomic E-state index is 12.4. The molecule has 1 aromatic rings. The molecule has 2 rings (SSSR count). The van der Waals surface area contributed by atoms with Gasteiger partial charge in [-0.15, -0.1) is 0 Å². The number of nitrogens with two attached hydrogens (primary N) is 1. The van der Waals surface area contributed by atoms with E-state index in [1.807, 2.05) is 29.2 Å². The Bertz CT molecular complexity index is 465. The summed E-state index contributed by atoms with van der Waals surface area (Å²) < 4.78 is 0. The fourth-order valence-electron chi connectivity index (χ4n) is 2.90. The second-order valence-electron chi connectivity index (χ2n) is 6.22. The van der Waals surface area contributed by atoms with E-state index in [0.29, 0.717) is 18.9 Å². The molecular weight excluding hydrogens is 262 g/mol. The Morgan fingerprint density at radius 1 is 1.14 bits per heavy atom. The Hall–Kier alpha value is -1.39. The minimum Gasteiger partial charge on any atom is -0.340 e. The van der Waals surface area contributed by atoms with Crippen molar-refractivity contribution < 1.29 is 4.79 Å². The Morgan fingerprint density at radius 3 is 2.33 bits per heavy atom. The average molecular weight is 289 g/mol. The van der Waals surface area contributed by atoms with Gasteiger partial charge in [0.15, 0.2) is 0 Å². The van der Waals surface area contributed by atoms with E-state index in [4.69, 9.17) is 5.73 Å². The topological polar surface area (TPSA) is 49.6 Å². The molecule has 0 atom stereocenters. The van der Waals surface area contributed by atoms with Gasteiger partial charge in [-0.2, -0.15) is 0 Å². The number of carbonyl (C=O) groups is 1. The molecule has 0 aliphatic carbocycles. The van der Waals surface area contributed by atoms with Crippen molar-refractivity contribution in [2.75, 3.05) is 32.7 Å². The third-order valence-electron chi connectivity index (χ3n) is 4.03. The van der Waals surface area contributed by atoms with Crippen LogP contribution in [-0.4, -0.2) is 48.4 Å². The van der Waals surface area contributed by atoms with Gasteiger partial charge in [-0.3, -0.25) is 9.69 Å². The molecule has 0 aromatic heterocycles. The highest BCUT2D eigenvalue weighted by molar-refractivity contribution is 5.79. The molecule has 4 nitrogen and oxygen atoms in total. The summed E-state index contributed by atoms with van der Waals surface area (Å²) in [6, 6.07) is 7.96. The van der Waals surface area contributed by atoms with Gasteiger partial charge in [0, 0.05) is 39.3 Å². The predicted octanol–water partition coefficient (Wildman–Crippen LogP) is 1.49. The lowest BCUT2D eigenvalue weighted by molar-refractivity contribution is -0.132. The summed E-state index contributed by atoms with van der Waals surface area (Å²) in [4.78, 5) is 16.9. The van der Waals surface area contributed by atoms with Gasteiger partial charge in [0.05, 0.1) is 6.42 Å². The summed E-state index contributed by atoms with van der Waals surface area (Å²) in [5.41, 5.74) is 7.88. The van der Waals surface area contributed by atoms with Crippen molar-refractivity contribution in [3.63, 3.8) is 0 Å². The summed E-state index contributed by atoms with van der Waals surface area (Å²) in [5.74, 6) is 0.906. The number of benzene rings is 1. The molecule has 1 saturated heterocycles. The van der Waals surface area contributed by atoms with Crippen molar-refractivity contribution in [1.82, 2.24) is 9.80 Å². The number of nitrogens with zero attached hydrogens (tertiary/aromatic N) is 2. The van der Waals surface area contributed by atoms with Gasteiger partial charge < -0.3 is 10.6 Å². The Labute approximate surface area is 127 Å². The van der Waals surface area contributed by atoms with E-state index in [2.05, 4.69) is 18.7 Å². The zero-order valence-electron chi connectivity index (χ0n) is 13.2. The minimum absolute atomic E-state index is 0.222. The van der Waals surface area contributed by atoms with Crippen LogP contribution in [0.2, 0.25) is 0 Å². The largest absolute Gasteiger partial charge is 0.340 e. The van der Waals surface area contributed by atoms with Gasteiger partial charge in [-0.1, -0.05) is 38.1 Å². The Balaban J connectivity index is 1.87. The normalized spacial score (nSPS) is 16.5. The van der Waals surface area contributed by atoms with Gasteiger partial charge in [-0.25, -0.2) is 0 Å². The molecule has 1 aromatic carbocycles. The first-order chi connectivity index (χ1) is 10.1. The monoisotopic (exact) mass is 289 g/mol. The highest BCUT2D eigenvalue weighted by atomic mass is 16.2. The highest BCUT2D eigenvalue weighted by Gasteiger charge is 2.21. The van der Waals surface area contributed by atoms with Crippen LogP contribution in [0, 0.1) is 5.92 Å². The number of carbonyl (C=O) groups excluding carboxylic acids is 1. The molecule has 21 heavy (non-hydrogen) atoms. The van der Waals surface area contributed by atoms with E-state index in [0.717, 1.165) is 43.9 Å². The molecular formula is C17H27N3O. The summed E-state index contributed by atoms with van der Waals surface area (Å²) in [5, 5.41) is 0. The summed E-state index contributed by atoms with van der Waals surface area (Å²) in [6.45, 7) is 9.75. The summed E-state index contributed by atoms with van der Waals surface area (Å²) in [7, 11) is 0. The summed E-state index contributed by atoms with van der Waals surface area (Å²) in [6.07, 6.45) is 0.470. The zero-order valence-corrected chi connectivity index (χ0v) is 13.2. The predicted molar refractivity (Wildman–Crippen MR) is 85.9 cm³/mol. The van der Waals surface area contributed by atoms with Crippen molar-refractivity contribution in [3.8, 4) is 0 Å². The summed E-state index contributed by atoms with van der Waals surface area (Å²) >= 11 is 0. The van der Waals surface area contributed by atoms with E-state index < -0.39 is 0 Å². The molecule has 0 saturated carbocycles. The fourth-order valence-corrected chi connectivity index (χ4v) is 2.90. The number of piperazine rings is 1. The highest BCUT2D eigenvalue weighted by Crippen LogP contribution is 2.12. The van der Waals surface area contributed by atoms with Crippen molar-refractivity contribution in [2.24, 2.45) is 11.7 Å². The molecule has 1 aliphatic rings. The number of amides is 1. The second kappa shape index (κ2) is 7.57. The van der Waals surface area contributed by atoms with Crippen LogP contribution in [0.25, 0.3) is 0 Å².